The number of rotatable bonds is 2. The lowest BCUT2D eigenvalue weighted by Gasteiger charge is -1.83. The Morgan fingerprint density at radius 3 is 3.00 bits per heavy atom. The zero-order valence-corrected chi connectivity index (χ0v) is 5.07. The van der Waals surface area contributed by atoms with Crippen LogP contribution in [0, 0.1) is 0 Å². The Balaban J connectivity index is 3.52. The molecule has 0 N–H and O–H groups in total. The molecule has 0 aromatic heterocycles. The first-order chi connectivity index (χ1) is 3.81. The SMILES string of the molecule is COC(=O)/C=N/[C]=S. The van der Waals surface area contributed by atoms with E-state index in [0.29, 0.717) is 0 Å². The van der Waals surface area contributed by atoms with E-state index in [4.69, 9.17) is 0 Å². The first-order valence-electron chi connectivity index (χ1n) is 1.79. The smallest absolute Gasteiger partial charge is 0.349 e. The molecule has 4 heteroatoms. The number of hydrogen-bond donors (Lipinski definition) is 0. The zero-order valence-electron chi connectivity index (χ0n) is 4.25. The minimum atomic E-state index is -0.526. The van der Waals surface area contributed by atoms with E-state index in [0.717, 1.165) is 6.21 Å². The van der Waals surface area contributed by atoms with Gasteiger partial charge in [0.2, 0.25) is 0 Å². The Labute approximate surface area is 52.4 Å². The summed E-state index contributed by atoms with van der Waals surface area (Å²) in [6.45, 7) is 0. The Hall–Kier alpha value is -0.770. The third-order valence-electron chi connectivity index (χ3n) is 0.424. The van der Waals surface area contributed by atoms with Crippen molar-refractivity contribution in [2.75, 3.05) is 7.11 Å². The lowest BCUT2D eigenvalue weighted by molar-refractivity contribution is -0.132. The molecule has 0 aromatic carbocycles. The molecule has 0 atom stereocenters. The number of methoxy groups -OCH3 is 1. The fourth-order valence-corrected chi connectivity index (χ4v) is 0.184. The highest BCUT2D eigenvalue weighted by molar-refractivity contribution is 7.78. The molecule has 0 aliphatic carbocycles. The van der Waals surface area contributed by atoms with Crippen LogP contribution in [0.3, 0.4) is 0 Å². The average molecular weight is 130 g/mol. The minimum absolute atomic E-state index is 0.526. The predicted molar refractivity (Wildman–Crippen MR) is 33.1 cm³/mol. The van der Waals surface area contributed by atoms with Crippen molar-refractivity contribution >= 4 is 29.9 Å². The van der Waals surface area contributed by atoms with Crippen molar-refractivity contribution in [3.63, 3.8) is 0 Å². The lowest BCUT2D eigenvalue weighted by Crippen LogP contribution is -2.00. The molecular formula is C4H4NO2S. The quantitative estimate of drug-likeness (QED) is 0.301. The maximum Gasteiger partial charge on any atom is 0.349 e. The first kappa shape index (κ1) is 7.23. The third-order valence-corrected chi connectivity index (χ3v) is 0.529. The molecule has 8 heavy (non-hydrogen) atoms. The maximum absolute atomic E-state index is 10.1. The van der Waals surface area contributed by atoms with Gasteiger partial charge in [-0.05, 0) is 0 Å². The van der Waals surface area contributed by atoms with Gasteiger partial charge in [0.05, 0.1) is 7.11 Å². The van der Waals surface area contributed by atoms with Gasteiger partial charge in [-0.1, -0.05) is 12.2 Å². The van der Waals surface area contributed by atoms with Crippen molar-refractivity contribution in [2.24, 2.45) is 4.99 Å². The average Bonchev–Trinajstić information content (AvgIpc) is 1.83. The molecule has 0 aromatic rings. The third kappa shape index (κ3) is 3.42. The van der Waals surface area contributed by atoms with E-state index in [1.54, 1.807) is 0 Å². The van der Waals surface area contributed by atoms with Crippen LogP contribution in [0.15, 0.2) is 4.99 Å². The van der Waals surface area contributed by atoms with Gasteiger partial charge in [-0.25, -0.2) is 9.79 Å². The van der Waals surface area contributed by atoms with Crippen LogP contribution in [0.4, 0.5) is 0 Å². The van der Waals surface area contributed by atoms with Crippen LogP contribution >= 0.6 is 12.2 Å². The van der Waals surface area contributed by atoms with Crippen molar-refractivity contribution in [1.29, 1.82) is 0 Å². The monoisotopic (exact) mass is 130 g/mol. The second kappa shape index (κ2) is 4.39. The molecule has 0 bridgehead atoms. The van der Waals surface area contributed by atoms with Gasteiger partial charge in [0.1, 0.15) is 6.21 Å². The fourth-order valence-electron chi connectivity index (χ4n) is 0.132. The van der Waals surface area contributed by atoms with E-state index in [9.17, 15) is 4.79 Å². The molecule has 0 amide bonds. The predicted octanol–water partition coefficient (Wildman–Crippen LogP) is 0.0644. The highest BCUT2D eigenvalue weighted by Crippen LogP contribution is 1.65. The van der Waals surface area contributed by atoms with Crippen LogP contribution in [0.1, 0.15) is 0 Å². The van der Waals surface area contributed by atoms with Gasteiger partial charge in [0, 0.05) is 0 Å². The number of esters is 1. The molecule has 0 heterocycles. The van der Waals surface area contributed by atoms with Crippen LogP contribution in [0.25, 0.3) is 0 Å². The number of aliphatic imine (C=N–C) groups is 1. The van der Waals surface area contributed by atoms with E-state index in [1.807, 2.05) is 5.49 Å². The number of nitrogens with zero attached hydrogens (tertiary/aromatic N) is 1. The standard InChI is InChI=1S/C4H4NO2S/c1-7-4(6)2-5-3-8/h2H,1H3/b5-2+. The molecule has 43 valence electrons. The van der Waals surface area contributed by atoms with Gasteiger partial charge in [-0.3, -0.25) is 0 Å². The lowest BCUT2D eigenvalue weighted by atomic mass is 10.7. The van der Waals surface area contributed by atoms with Gasteiger partial charge in [-0.2, -0.15) is 0 Å². The summed E-state index contributed by atoms with van der Waals surface area (Å²) < 4.78 is 4.18. The zero-order chi connectivity index (χ0) is 6.41. The summed E-state index contributed by atoms with van der Waals surface area (Å²) in [7, 11) is 1.26. The molecule has 0 aliphatic heterocycles. The highest BCUT2D eigenvalue weighted by atomic mass is 32.1. The molecule has 0 fully saturated rings. The summed E-state index contributed by atoms with van der Waals surface area (Å²) in [5.41, 5.74) is 1.98. The van der Waals surface area contributed by atoms with Crippen LogP contribution in [0.5, 0.6) is 0 Å². The summed E-state index contributed by atoms with van der Waals surface area (Å²) in [5.74, 6) is -0.526. The van der Waals surface area contributed by atoms with E-state index >= 15 is 0 Å². The molecule has 0 unspecified atom stereocenters. The van der Waals surface area contributed by atoms with Gasteiger partial charge in [-0.15, -0.1) is 0 Å². The molecular weight excluding hydrogens is 126 g/mol. The van der Waals surface area contributed by atoms with E-state index < -0.39 is 5.97 Å². The fraction of sp³-hybridized carbons (Fsp3) is 0.250. The number of carbonyl (C=O) groups excluding carboxylic acids is 1. The van der Waals surface area contributed by atoms with E-state index in [1.165, 1.54) is 7.11 Å². The number of hydrogen-bond acceptors (Lipinski definition) is 3. The van der Waals surface area contributed by atoms with Gasteiger partial charge < -0.3 is 4.74 Å². The molecule has 1 radical (unpaired) electrons. The van der Waals surface area contributed by atoms with E-state index in [2.05, 4.69) is 21.9 Å². The summed E-state index contributed by atoms with van der Waals surface area (Å²) in [4.78, 5) is 13.3. The number of ether oxygens (including phenoxy) is 1. The van der Waals surface area contributed by atoms with Crippen LogP contribution in [0.2, 0.25) is 0 Å². The molecule has 0 spiro atoms. The van der Waals surface area contributed by atoms with Crippen molar-refractivity contribution in [3.8, 4) is 0 Å². The topological polar surface area (TPSA) is 38.7 Å². The Bertz CT molecular complexity index is 121. The summed E-state index contributed by atoms with van der Waals surface area (Å²) >= 11 is 4.16. The maximum atomic E-state index is 10.1. The van der Waals surface area contributed by atoms with Crippen molar-refractivity contribution in [3.05, 3.63) is 0 Å². The summed E-state index contributed by atoms with van der Waals surface area (Å²) in [6.07, 6.45) is 0.951. The minimum Gasteiger partial charge on any atom is -0.465 e. The van der Waals surface area contributed by atoms with Crippen LogP contribution in [-0.4, -0.2) is 24.8 Å². The Morgan fingerprint density at radius 1 is 2.00 bits per heavy atom. The molecule has 3 nitrogen and oxygen atoms in total. The molecule has 0 saturated heterocycles. The van der Waals surface area contributed by atoms with Crippen molar-refractivity contribution in [1.82, 2.24) is 0 Å². The molecule has 0 saturated carbocycles. The largest absolute Gasteiger partial charge is 0.465 e. The molecule has 0 rings (SSSR count). The Kier molecular flexibility index (Phi) is 3.97. The van der Waals surface area contributed by atoms with Crippen molar-refractivity contribution in [2.45, 2.75) is 0 Å². The number of thiocarbonyl (C=S) groups is 1. The van der Waals surface area contributed by atoms with Crippen molar-refractivity contribution < 1.29 is 9.53 Å². The summed E-state index contributed by atoms with van der Waals surface area (Å²) in [6, 6.07) is 0. The summed E-state index contributed by atoms with van der Waals surface area (Å²) in [5, 5.41) is 0. The highest BCUT2D eigenvalue weighted by Gasteiger charge is 1.87. The normalized spacial score (nSPS) is 9.12. The van der Waals surface area contributed by atoms with Gasteiger partial charge >= 0.3 is 5.97 Å². The van der Waals surface area contributed by atoms with Crippen LogP contribution < -0.4 is 0 Å². The second-order valence-electron chi connectivity index (χ2n) is 0.873. The van der Waals surface area contributed by atoms with Gasteiger partial charge in [0.15, 0.2) is 5.49 Å². The van der Waals surface area contributed by atoms with Crippen LogP contribution in [-0.2, 0) is 9.53 Å². The van der Waals surface area contributed by atoms with Gasteiger partial charge in [0.25, 0.3) is 0 Å². The number of carbonyl (C=O) groups is 1. The first-order valence-corrected chi connectivity index (χ1v) is 2.20. The second-order valence-corrected chi connectivity index (χ2v) is 1.06. The Morgan fingerprint density at radius 2 is 2.62 bits per heavy atom. The molecule has 0 aliphatic rings. The van der Waals surface area contributed by atoms with E-state index in [-0.39, 0.29) is 0 Å².